The van der Waals surface area contributed by atoms with Crippen molar-refractivity contribution in [1.29, 1.82) is 0 Å². The van der Waals surface area contributed by atoms with Gasteiger partial charge < -0.3 is 5.32 Å². The molecule has 0 fully saturated rings. The Morgan fingerprint density at radius 1 is 1.16 bits per heavy atom. The van der Waals surface area contributed by atoms with E-state index in [0.717, 1.165) is 5.69 Å². The number of anilines is 1. The van der Waals surface area contributed by atoms with Crippen molar-refractivity contribution in [2.75, 3.05) is 5.32 Å². The summed E-state index contributed by atoms with van der Waals surface area (Å²) < 4.78 is 1.55. The second-order valence-electron chi connectivity index (χ2n) is 4.96. The van der Waals surface area contributed by atoms with Crippen molar-refractivity contribution in [2.24, 2.45) is 0 Å². The molecular formula is C15H12Cl2N6OS. The minimum atomic E-state index is -0.436. The van der Waals surface area contributed by atoms with Gasteiger partial charge in [-0.1, -0.05) is 35.0 Å². The van der Waals surface area contributed by atoms with Crippen LogP contribution in [0, 0.1) is 0 Å². The molecule has 3 aromatic rings. The SMILES string of the molecule is CC(Sc1nnnn1-c1ccc(Cl)cc1)C(=O)Nc1ccc(Cl)cn1. The summed E-state index contributed by atoms with van der Waals surface area (Å²) in [5.41, 5.74) is 0.754. The summed E-state index contributed by atoms with van der Waals surface area (Å²) in [7, 11) is 0. The molecule has 0 aliphatic heterocycles. The highest BCUT2D eigenvalue weighted by Gasteiger charge is 2.19. The van der Waals surface area contributed by atoms with E-state index in [4.69, 9.17) is 23.2 Å². The number of tetrazole rings is 1. The van der Waals surface area contributed by atoms with Crippen LogP contribution in [0.3, 0.4) is 0 Å². The Bertz CT molecular complexity index is 868. The highest BCUT2D eigenvalue weighted by molar-refractivity contribution is 8.00. The van der Waals surface area contributed by atoms with Crippen LogP contribution in [-0.4, -0.2) is 36.3 Å². The lowest BCUT2D eigenvalue weighted by atomic mass is 10.3. The first-order valence-electron chi connectivity index (χ1n) is 7.16. The second kappa shape index (κ2) is 7.81. The molecule has 1 atom stereocenters. The maximum absolute atomic E-state index is 12.3. The fourth-order valence-electron chi connectivity index (χ4n) is 1.89. The molecular weight excluding hydrogens is 383 g/mol. The van der Waals surface area contributed by atoms with Gasteiger partial charge in [-0.3, -0.25) is 4.79 Å². The molecule has 0 radical (unpaired) electrons. The van der Waals surface area contributed by atoms with Crippen molar-refractivity contribution in [2.45, 2.75) is 17.3 Å². The van der Waals surface area contributed by atoms with Gasteiger partial charge in [-0.15, -0.1) is 5.10 Å². The fourth-order valence-corrected chi connectivity index (χ4v) is 2.93. The summed E-state index contributed by atoms with van der Waals surface area (Å²) in [5, 5.41) is 15.5. The number of nitrogens with zero attached hydrogens (tertiary/aromatic N) is 5. The molecule has 0 bridgehead atoms. The average Bonchev–Trinajstić information content (AvgIpc) is 3.05. The van der Waals surface area contributed by atoms with Gasteiger partial charge in [0.05, 0.1) is 16.0 Å². The number of pyridine rings is 1. The maximum Gasteiger partial charge on any atom is 0.238 e. The Morgan fingerprint density at radius 2 is 1.88 bits per heavy atom. The van der Waals surface area contributed by atoms with Gasteiger partial charge in [0.2, 0.25) is 11.1 Å². The van der Waals surface area contributed by atoms with E-state index in [-0.39, 0.29) is 5.91 Å². The number of carbonyl (C=O) groups is 1. The third kappa shape index (κ3) is 4.47. The van der Waals surface area contributed by atoms with E-state index in [2.05, 4.69) is 25.8 Å². The van der Waals surface area contributed by atoms with Crippen LogP contribution in [-0.2, 0) is 4.79 Å². The third-order valence-electron chi connectivity index (χ3n) is 3.14. The molecule has 0 aliphatic rings. The lowest BCUT2D eigenvalue weighted by Gasteiger charge is -2.11. The van der Waals surface area contributed by atoms with Crippen molar-refractivity contribution < 1.29 is 4.79 Å². The Hall–Kier alpha value is -2.16. The van der Waals surface area contributed by atoms with Crippen LogP contribution < -0.4 is 5.32 Å². The minimum Gasteiger partial charge on any atom is -0.310 e. The van der Waals surface area contributed by atoms with Crippen molar-refractivity contribution in [3.8, 4) is 5.69 Å². The lowest BCUT2D eigenvalue weighted by molar-refractivity contribution is -0.115. The zero-order chi connectivity index (χ0) is 17.8. The molecule has 0 spiro atoms. The van der Waals surface area contributed by atoms with Crippen LogP contribution in [0.15, 0.2) is 47.8 Å². The first kappa shape index (κ1) is 17.7. The molecule has 0 saturated heterocycles. The molecule has 3 rings (SSSR count). The highest BCUT2D eigenvalue weighted by atomic mass is 35.5. The van der Waals surface area contributed by atoms with Gasteiger partial charge in [0.15, 0.2) is 0 Å². The number of hydrogen-bond donors (Lipinski definition) is 1. The van der Waals surface area contributed by atoms with E-state index in [9.17, 15) is 4.79 Å². The first-order valence-corrected chi connectivity index (χ1v) is 8.80. The molecule has 2 aromatic heterocycles. The molecule has 0 saturated carbocycles. The molecule has 10 heteroatoms. The van der Waals surface area contributed by atoms with E-state index in [1.54, 1.807) is 48.0 Å². The highest BCUT2D eigenvalue weighted by Crippen LogP contribution is 2.24. The van der Waals surface area contributed by atoms with Gasteiger partial charge in [-0.25, -0.2) is 4.98 Å². The number of hydrogen-bond acceptors (Lipinski definition) is 6. The van der Waals surface area contributed by atoms with Crippen molar-refractivity contribution in [3.63, 3.8) is 0 Å². The third-order valence-corrected chi connectivity index (χ3v) is 4.65. The molecule has 0 aliphatic carbocycles. The molecule has 128 valence electrons. The smallest absolute Gasteiger partial charge is 0.238 e. The predicted molar refractivity (Wildman–Crippen MR) is 97.4 cm³/mol. The van der Waals surface area contributed by atoms with Gasteiger partial charge in [-0.2, -0.15) is 4.68 Å². The van der Waals surface area contributed by atoms with Crippen LogP contribution in [0.1, 0.15) is 6.92 Å². The summed E-state index contributed by atoms with van der Waals surface area (Å²) in [6.07, 6.45) is 1.47. The minimum absolute atomic E-state index is 0.217. The van der Waals surface area contributed by atoms with Crippen molar-refractivity contribution in [1.82, 2.24) is 25.2 Å². The van der Waals surface area contributed by atoms with E-state index in [1.165, 1.54) is 18.0 Å². The number of benzene rings is 1. The van der Waals surface area contributed by atoms with Crippen LogP contribution in [0.25, 0.3) is 5.69 Å². The van der Waals surface area contributed by atoms with E-state index < -0.39 is 5.25 Å². The fraction of sp³-hybridized carbons (Fsp3) is 0.133. The summed E-state index contributed by atoms with van der Waals surface area (Å²) in [4.78, 5) is 16.4. The number of thioether (sulfide) groups is 1. The standard InChI is InChI=1S/C15H12Cl2N6OS/c1-9(14(24)19-13-7-4-11(17)8-18-13)25-15-20-21-22-23(15)12-5-2-10(16)3-6-12/h2-9H,1H3,(H,18,19,24). The summed E-state index contributed by atoms with van der Waals surface area (Å²) in [5.74, 6) is 0.213. The molecule has 1 unspecified atom stereocenters. The van der Waals surface area contributed by atoms with Crippen LogP contribution in [0.5, 0.6) is 0 Å². The molecule has 1 aromatic carbocycles. The second-order valence-corrected chi connectivity index (χ2v) is 7.14. The summed E-state index contributed by atoms with van der Waals surface area (Å²) in [6.45, 7) is 1.76. The molecule has 2 heterocycles. The van der Waals surface area contributed by atoms with Crippen LogP contribution in [0.4, 0.5) is 5.82 Å². The van der Waals surface area contributed by atoms with Crippen LogP contribution >= 0.6 is 35.0 Å². The molecule has 7 nitrogen and oxygen atoms in total. The molecule has 1 N–H and O–H groups in total. The van der Waals surface area contributed by atoms with Gasteiger partial charge in [0.1, 0.15) is 5.82 Å². The number of halogens is 2. The lowest BCUT2D eigenvalue weighted by Crippen LogP contribution is -2.23. The monoisotopic (exact) mass is 394 g/mol. The first-order chi connectivity index (χ1) is 12.0. The number of rotatable bonds is 5. The Labute approximate surface area is 157 Å². The van der Waals surface area contributed by atoms with Gasteiger partial charge >= 0.3 is 0 Å². The Morgan fingerprint density at radius 3 is 2.56 bits per heavy atom. The quantitative estimate of drug-likeness (QED) is 0.666. The summed E-state index contributed by atoms with van der Waals surface area (Å²) in [6, 6.07) is 10.4. The molecule has 25 heavy (non-hydrogen) atoms. The van der Waals surface area contributed by atoms with Gasteiger partial charge in [0, 0.05) is 11.2 Å². The predicted octanol–water partition coefficient (Wildman–Crippen LogP) is 3.48. The van der Waals surface area contributed by atoms with E-state index in [1.807, 2.05) is 0 Å². The maximum atomic E-state index is 12.3. The average molecular weight is 395 g/mol. The van der Waals surface area contributed by atoms with E-state index >= 15 is 0 Å². The van der Waals surface area contributed by atoms with Crippen molar-refractivity contribution in [3.05, 3.63) is 52.6 Å². The number of carbonyl (C=O) groups excluding carboxylic acids is 1. The van der Waals surface area contributed by atoms with E-state index in [0.29, 0.717) is 21.0 Å². The van der Waals surface area contributed by atoms with Gasteiger partial charge in [-0.05, 0) is 53.7 Å². The van der Waals surface area contributed by atoms with Crippen LogP contribution in [0.2, 0.25) is 10.0 Å². The topological polar surface area (TPSA) is 85.6 Å². The zero-order valence-corrected chi connectivity index (χ0v) is 15.3. The van der Waals surface area contributed by atoms with Crippen molar-refractivity contribution >= 4 is 46.7 Å². The zero-order valence-electron chi connectivity index (χ0n) is 12.9. The largest absolute Gasteiger partial charge is 0.310 e. The Kier molecular flexibility index (Phi) is 5.52. The molecule has 1 amide bonds. The Balaban J connectivity index is 1.70. The normalized spacial score (nSPS) is 12.0. The summed E-state index contributed by atoms with van der Waals surface area (Å²) >= 11 is 12.9. The number of aromatic nitrogens is 5. The number of nitrogens with one attached hydrogen (secondary N) is 1. The number of amides is 1. The van der Waals surface area contributed by atoms with Gasteiger partial charge in [0.25, 0.3) is 0 Å².